The molecule has 0 N–H and O–H groups in total. The third-order valence-corrected chi connectivity index (χ3v) is 4.64. The van der Waals surface area contributed by atoms with Crippen LogP contribution in [-0.2, 0) is 10.0 Å². The van der Waals surface area contributed by atoms with Gasteiger partial charge in [0.2, 0.25) is 10.0 Å². The smallest absolute Gasteiger partial charge is 0.207 e. The number of rotatable bonds is 6. The van der Waals surface area contributed by atoms with Crippen molar-refractivity contribution >= 4 is 10.0 Å². The molecule has 104 valence electrons. The topological polar surface area (TPSA) is 37.4 Å². The predicted octanol–water partition coefficient (Wildman–Crippen LogP) is 3.14. The summed E-state index contributed by atoms with van der Waals surface area (Å²) >= 11 is 0. The van der Waals surface area contributed by atoms with Crippen molar-refractivity contribution in [3.8, 4) is 0 Å². The van der Waals surface area contributed by atoms with E-state index in [1.54, 1.807) is 31.3 Å². The highest BCUT2D eigenvalue weighted by Crippen LogP contribution is 2.16. The molecule has 0 unspecified atom stereocenters. The summed E-state index contributed by atoms with van der Waals surface area (Å²) in [6.45, 7) is 8.09. The Balaban J connectivity index is 2.82. The molecule has 0 bridgehead atoms. The molecule has 0 amide bonds. The van der Waals surface area contributed by atoms with Gasteiger partial charge in [0.1, 0.15) is 0 Å². The Morgan fingerprint density at radius 3 is 2.42 bits per heavy atom. The first-order chi connectivity index (χ1) is 8.87. The molecule has 0 aliphatic rings. The van der Waals surface area contributed by atoms with Gasteiger partial charge in [-0.1, -0.05) is 42.0 Å². The fourth-order valence-corrected chi connectivity index (χ4v) is 2.83. The lowest BCUT2D eigenvalue weighted by Gasteiger charge is -2.18. The normalized spacial score (nSPS) is 12.2. The van der Waals surface area contributed by atoms with Gasteiger partial charge in [-0.2, -0.15) is 4.31 Å². The van der Waals surface area contributed by atoms with E-state index in [1.165, 1.54) is 4.31 Å². The molecule has 1 aromatic carbocycles. The Morgan fingerprint density at radius 2 is 1.89 bits per heavy atom. The monoisotopic (exact) mass is 279 g/mol. The molecule has 0 heterocycles. The molecular weight excluding hydrogens is 258 g/mol. The van der Waals surface area contributed by atoms with Crippen LogP contribution in [0.25, 0.3) is 0 Å². The van der Waals surface area contributed by atoms with Crippen LogP contribution < -0.4 is 0 Å². The Hall–Kier alpha value is -1.39. The number of aryl methyl sites for hydroxylation is 1. The van der Waals surface area contributed by atoms with Crippen LogP contribution in [0.3, 0.4) is 0 Å². The van der Waals surface area contributed by atoms with Crippen LogP contribution in [0.1, 0.15) is 18.9 Å². The van der Waals surface area contributed by atoms with Crippen molar-refractivity contribution in [3.05, 3.63) is 54.1 Å². The lowest BCUT2D eigenvalue weighted by Crippen LogP contribution is -2.28. The van der Waals surface area contributed by atoms with E-state index in [0.717, 1.165) is 11.1 Å². The first-order valence-electron chi connectivity index (χ1n) is 6.18. The molecule has 3 nitrogen and oxygen atoms in total. The zero-order valence-electron chi connectivity index (χ0n) is 11.8. The third-order valence-electron chi connectivity index (χ3n) is 2.82. The summed E-state index contributed by atoms with van der Waals surface area (Å²) in [7, 11) is -1.85. The molecule has 4 heteroatoms. The van der Waals surface area contributed by atoms with Crippen molar-refractivity contribution in [2.45, 2.75) is 25.2 Å². The summed E-state index contributed by atoms with van der Waals surface area (Å²) in [6.07, 6.45) is 4.60. The summed E-state index contributed by atoms with van der Waals surface area (Å²) in [6, 6.07) is 6.87. The predicted molar refractivity (Wildman–Crippen MR) is 79.6 cm³/mol. The van der Waals surface area contributed by atoms with Crippen molar-refractivity contribution in [2.75, 3.05) is 13.6 Å². The Kier molecular flexibility index (Phi) is 5.51. The number of likely N-dealkylation sites (N-methyl/N-ethyl adjacent to an activating group) is 1. The van der Waals surface area contributed by atoms with Gasteiger partial charge in [-0.05, 0) is 32.4 Å². The zero-order valence-corrected chi connectivity index (χ0v) is 12.6. The van der Waals surface area contributed by atoms with E-state index in [1.807, 2.05) is 26.0 Å². The number of allylic oxidation sites excluding steroid dienone is 2. The molecule has 0 aliphatic heterocycles. The number of hydrogen-bond donors (Lipinski definition) is 0. The molecule has 0 aliphatic carbocycles. The second-order valence-electron chi connectivity index (χ2n) is 4.60. The van der Waals surface area contributed by atoms with E-state index in [4.69, 9.17) is 0 Å². The molecule has 1 aromatic rings. The molecular formula is C15H21NO2S. The zero-order chi connectivity index (χ0) is 14.5. The van der Waals surface area contributed by atoms with Gasteiger partial charge in [0.05, 0.1) is 4.90 Å². The maximum atomic E-state index is 12.3. The Morgan fingerprint density at radius 1 is 1.32 bits per heavy atom. The Bertz CT molecular complexity index is 556. The van der Waals surface area contributed by atoms with Gasteiger partial charge < -0.3 is 0 Å². The Labute approximate surface area is 116 Å². The molecule has 0 aromatic heterocycles. The van der Waals surface area contributed by atoms with E-state index in [0.29, 0.717) is 17.9 Å². The first-order valence-corrected chi connectivity index (χ1v) is 7.62. The van der Waals surface area contributed by atoms with Crippen molar-refractivity contribution in [1.29, 1.82) is 0 Å². The highest BCUT2D eigenvalue weighted by molar-refractivity contribution is 7.89. The van der Waals surface area contributed by atoms with Crippen molar-refractivity contribution in [2.24, 2.45) is 0 Å². The van der Waals surface area contributed by atoms with Crippen LogP contribution in [0.2, 0.25) is 0 Å². The molecule has 0 atom stereocenters. The number of hydrogen-bond acceptors (Lipinski definition) is 2. The van der Waals surface area contributed by atoms with Gasteiger partial charge in [0.25, 0.3) is 0 Å². The molecule has 0 saturated carbocycles. The second kappa shape index (κ2) is 6.68. The highest BCUT2D eigenvalue weighted by Gasteiger charge is 2.20. The average Bonchev–Trinajstić information content (AvgIpc) is 2.36. The van der Waals surface area contributed by atoms with Gasteiger partial charge in [0.15, 0.2) is 0 Å². The van der Waals surface area contributed by atoms with Crippen LogP contribution in [0.15, 0.2) is 53.5 Å². The van der Waals surface area contributed by atoms with Crippen LogP contribution in [0.5, 0.6) is 0 Å². The van der Waals surface area contributed by atoms with Gasteiger partial charge >= 0.3 is 0 Å². The van der Waals surface area contributed by atoms with Crippen molar-refractivity contribution < 1.29 is 8.42 Å². The maximum absolute atomic E-state index is 12.3. The summed E-state index contributed by atoms with van der Waals surface area (Å²) < 4.78 is 26.0. The van der Waals surface area contributed by atoms with E-state index in [2.05, 4.69) is 6.58 Å². The SMILES string of the molecule is C=C(C/C=C/C)CN(C)S(=O)(=O)c1ccc(C)cc1. The van der Waals surface area contributed by atoms with E-state index >= 15 is 0 Å². The van der Waals surface area contributed by atoms with Crippen LogP contribution in [0.4, 0.5) is 0 Å². The number of sulfonamides is 1. The van der Waals surface area contributed by atoms with Crippen LogP contribution in [0, 0.1) is 6.92 Å². The summed E-state index contributed by atoms with van der Waals surface area (Å²) in [4.78, 5) is 0.319. The summed E-state index contributed by atoms with van der Waals surface area (Å²) in [5, 5.41) is 0. The minimum absolute atomic E-state index is 0.319. The van der Waals surface area contributed by atoms with Gasteiger partial charge in [0, 0.05) is 13.6 Å². The fraction of sp³-hybridized carbons (Fsp3) is 0.333. The minimum atomic E-state index is -3.43. The van der Waals surface area contributed by atoms with Crippen molar-refractivity contribution in [3.63, 3.8) is 0 Å². The second-order valence-corrected chi connectivity index (χ2v) is 6.64. The quantitative estimate of drug-likeness (QED) is 0.750. The fourth-order valence-electron chi connectivity index (χ4n) is 1.64. The highest BCUT2D eigenvalue weighted by atomic mass is 32.2. The average molecular weight is 279 g/mol. The third kappa shape index (κ3) is 4.33. The number of benzene rings is 1. The molecule has 1 rings (SSSR count). The molecule has 0 radical (unpaired) electrons. The van der Waals surface area contributed by atoms with Crippen LogP contribution >= 0.6 is 0 Å². The largest absolute Gasteiger partial charge is 0.243 e. The van der Waals surface area contributed by atoms with Crippen LogP contribution in [-0.4, -0.2) is 26.3 Å². The van der Waals surface area contributed by atoms with E-state index < -0.39 is 10.0 Å². The van der Waals surface area contributed by atoms with E-state index in [-0.39, 0.29) is 0 Å². The first kappa shape index (κ1) is 15.7. The molecule has 19 heavy (non-hydrogen) atoms. The summed E-state index contributed by atoms with van der Waals surface area (Å²) in [5.74, 6) is 0. The van der Waals surface area contributed by atoms with Crippen molar-refractivity contribution in [1.82, 2.24) is 4.31 Å². The van der Waals surface area contributed by atoms with Gasteiger partial charge in [-0.25, -0.2) is 8.42 Å². The standard InChI is InChI=1S/C15H21NO2S/c1-5-6-7-14(3)12-16(4)19(17,18)15-10-8-13(2)9-11-15/h5-6,8-11H,3,7,12H2,1-2,4H3/b6-5+. The summed E-state index contributed by atoms with van der Waals surface area (Å²) in [5.41, 5.74) is 1.91. The van der Waals surface area contributed by atoms with Gasteiger partial charge in [-0.15, -0.1) is 0 Å². The number of nitrogens with zero attached hydrogens (tertiary/aromatic N) is 1. The molecule has 0 spiro atoms. The maximum Gasteiger partial charge on any atom is 0.243 e. The lowest BCUT2D eigenvalue weighted by molar-refractivity contribution is 0.491. The lowest BCUT2D eigenvalue weighted by atomic mass is 10.2. The van der Waals surface area contributed by atoms with Gasteiger partial charge in [-0.3, -0.25) is 0 Å². The molecule has 0 saturated heterocycles. The van der Waals surface area contributed by atoms with E-state index in [9.17, 15) is 8.42 Å². The molecule has 0 fully saturated rings. The minimum Gasteiger partial charge on any atom is -0.207 e.